The number of halogens is 3. The fourth-order valence-corrected chi connectivity index (χ4v) is 3.64. The molecule has 2 aromatic rings. The number of hydrogen-bond donors (Lipinski definition) is 1. The van der Waals surface area contributed by atoms with Gasteiger partial charge in [0.25, 0.3) is 5.91 Å². The summed E-state index contributed by atoms with van der Waals surface area (Å²) in [4.78, 5) is 28.1. The van der Waals surface area contributed by atoms with Crippen LogP contribution in [0.15, 0.2) is 18.3 Å². The number of urea groups is 1. The molecule has 0 radical (unpaired) electrons. The lowest BCUT2D eigenvalue weighted by molar-refractivity contribution is -0.128. The molecule has 1 aromatic carbocycles. The summed E-state index contributed by atoms with van der Waals surface area (Å²) in [5.74, 6) is -4.58. The Balaban J connectivity index is 1.56. The summed E-state index contributed by atoms with van der Waals surface area (Å²) in [7, 11) is 0. The molecule has 3 heterocycles. The summed E-state index contributed by atoms with van der Waals surface area (Å²) in [5.41, 5.74) is 1.07. The van der Waals surface area contributed by atoms with Gasteiger partial charge in [-0.15, -0.1) is 0 Å². The number of nitrogens with zero attached hydrogens (tertiary/aromatic N) is 4. The molecule has 4 rings (SSSR count). The molecular weight excluding hydrogens is 403 g/mol. The van der Waals surface area contributed by atoms with Gasteiger partial charge in [-0.05, 0) is 13.8 Å². The maximum Gasteiger partial charge on any atom is 0.322 e. The van der Waals surface area contributed by atoms with E-state index in [4.69, 9.17) is 4.74 Å². The van der Waals surface area contributed by atoms with Crippen LogP contribution < -0.4 is 10.2 Å². The lowest BCUT2D eigenvalue weighted by Crippen LogP contribution is -2.49. The number of carbonyl (C=O) groups excluding carboxylic acids is 2. The number of rotatable bonds is 2. The zero-order valence-electron chi connectivity index (χ0n) is 16.4. The van der Waals surface area contributed by atoms with E-state index in [1.54, 1.807) is 22.7 Å². The first-order chi connectivity index (χ1) is 14.2. The lowest BCUT2D eigenvalue weighted by atomic mass is 10.1. The Labute approximate surface area is 170 Å². The van der Waals surface area contributed by atoms with E-state index in [2.05, 4.69) is 10.4 Å². The first kappa shape index (κ1) is 20.2. The Morgan fingerprint density at radius 1 is 1.20 bits per heavy atom. The topological polar surface area (TPSA) is 79.7 Å². The summed E-state index contributed by atoms with van der Waals surface area (Å²) >= 11 is 0. The smallest absolute Gasteiger partial charge is 0.322 e. The summed E-state index contributed by atoms with van der Waals surface area (Å²) in [6.45, 7) is 4.51. The van der Waals surface area contributed by atoms with Crippen molar-refractivity contribution >= 4 is 23.3 Å². The van der Waals surface area contributed by atoms with Crippen LogP contribution in [0.4, 0.5) is 29.3 Å². The Morgan fingerprint density at radius 2 is 1.90 bits per heavy atom. The highest BCUT2D eigenvalue weighted by atomic mass is 19.2. The number of nitrogens with one attached hydrogen (secondary N) is 1. The predicted molar refractivity (Wildman–Crippen MR) is 100 cm³/mol. The van der Waals surface area contributed by atoms with Gasteiger partial charge in [0.1, 0.15) is 6.61 Å². The second-order valence-electron chi connectivity index (χ2n) is 7.45. The van der Waals surface area contributed by atoms with E-state index in [-0.39, 0.29) is 36.9 Å². The molecule has 3 amide bonds. The minimum absolute atomic E-state index is 0.0336. The van der Waals surface area contributed by atoms with Crippen molar-refractivity contribution in [1.29, 1.82) is 0 Å². The van der Waals surface area contributed by atoms with Gasteiger partial charge in [0.05, 0.1) is 49.4 Å². The van der Waals surface area contributed by atoms with Crippen LogP contribution in [0.1, 0.15) is 19.5 Å². The quantitative estimate of drug-likeness (QED) is 0.753. The van der Waals surface area contributed by atoms with E-state index < -0.39 is 23.5 Å². The van der Waals surface area contributed by atoms with E-state index in [0.29, 0.717) is 36.6 Å². The summed E-state index contributed by atoms with van der Waals surface area (Å²) in [5, 5.41) is 6.73. The van der Waals surface area contributed by atoms with Gasteiger partial charge in [0.15, 0.2) is 17.5 Å². The highest BCUT2D eigenvalue weighted by Gasteiger charge is 2.34. The van der Waals surface area contributed by atoms with Crippen molar-refractivity contribution in [2.75, 3.05) is 23.4 Å². The van der Waals surface area contributed by atoms with E-state index in [1.807, 2.05) is 6.92 Å². The zero-order valence-corrected chi connectivity index (χ0v) is 16.4. The van der Waals surface area contributed by atoms with E-state index in [0.717, 1.165) is 0 Å². The number of fused-ring (bicyclic) bond motifs is 1. The van der Waals surface area contributed by atoms with Gasteiger partial charge in [-0.2, -0.15) is 5.10 Å². The maximum atomic E-state index is 13.5. The maximum absolute atomic E-state index is 13.5. The Morgan fingerprint density at radius 3 is 2.60 bits per heavy atom. The fourth-order valence-electron chi connectivity index (χ4n) is 3.64. The van der Waals surface area contributed by atoms with Gasteiger partial charge in [-0.25, -0.2) is 18.0 Å². The standard InChI is InChI=1S/C19H20F3N5O3/c1-10-6-27-16(15(5-23-27)26-7-11(2)30-9-17(26)28)8-25(10)19(29)24-12-3-13(20)18(22)14(21)4-12/h3-5,10-11H,6-9H2,1-2H3,(H,24,29)/t10-,11?/m0/s1. The molecule has 8 nitrogen and oxygen atoms in total. The van der Waals surface area contributed by atoms with Gasteiger partial charge in [-0.1, -0.05) is 0 Å². The molecule has 1 N–H and O–H groups in total. The van der Waals surface area contributed by atoms with Crippen LogP contribution in [0, 0.1) is 17.5 Å². The monoisotopic (exact) mass is 423 g/mol. The van der Waals surface area contributed by atoms with Crippen molar-refractivity contribution in [1.82, 2.24) is 14.7 Å². The number of aromatic nitrogens is 2. The van der Waals surface area contributed by atoms with Crippen molar-refractivity contribution in [3.8, 4) is 0 Å². The van der Waals surface area contributed by atoms with Crippen LogP contribution in [-0.2, 0) is 22.6 Å². The molecule has 2 aliphatic heterocycles. The Hall–Kier alpha value is -3.08. The van der Waals surface area contributed by atoms with E-state index in [1.165, 1.54) is 4.90 Å². The number of carbonyl (C=O) groups is 2. The molecule has 1 fully saturated rings. The third-order valence-corrected chi connectivity index (χ3v) is 5.23. The van der Waals surface area contributed by atoms with E-state index >= 15 is 0 Å². The van der Waals surface area contributed by atoms with Crippen LogP contribution in [0.3, 0.4) is 0 Å². The number of morpholine rings is 1. The molecule has 0 saturated carbocycles. The first-order valence-corrected chi connectivity index (χ1v) is 9.43. The van der Waals surface area contributed by atoms with Crippen molar-refractivity contribution in [3.63, 3.8) is 0 Å². The molecular formula is C19H20F3N5O3. The number of benzene rings is 1. The SMILES string of the molecule is CC1CN(c2cnn3c2CN(C(=O)Nc2cc(F)c(F)c(F)c2)[C@@H](C)C3)C(=O)CO1. The van der Waals surface area contributed by atoms with Crippen LogP contribution in [0.2, 0.25) is 0 Å². The molecule has 11 heteroatoms. The lowest BCUT2D eigenvalue weighted by Gasteiger charge is -2.36. The molecule has 2 atom stereocenters. The van der Waals surface area contributed by atoms with Gasteiger partial charge in [0, 0.05) is 17.8 Å². The molecule has 1 unspecified atom stereocenters. The molecule has 30 heavy (non-hydrogen) atoms. The van der Waals surface area contributed by atoms with Gasteiger partial charge < -0.3 is 19.9 Å². The number of hydrogen-bond acceptors (Lipinski definition) is 4. The van der Waals surface area contributed by atoms with Crippen molar-refractivity contribution in [3.05, 3.63) is 41.5 Å². The van der Waals surface area contributed by atoms with Crippen LogP contribution in [0.25, 0.3) is 0 Å². The predicted octanol–water partition coefficient (Wildman–Crippen LogP) is 2.49. The number of ether oxygens (including phenoxy) is 1. The second kappa shape index (κ2) is 7.63. The Bertz CT molecular complexity index is 988. The zero-order chi connectivity index (χ0) is 21.6. The second-order valence-corrected chi connectivity index (χ2v) is 7.45. The van der Waals surface area contributed by atoms with Crippen LogP contribution >= 0.6 is 0 Å². The third-order valence-electron chi connectivity index (χ3n) is 5.23. The largest absolute Gasteiger partial charge is 0.367 e. The van der Waals surface area contributed by atoms with Gasteiger partial charge in [-0.3, -0.25) is 9.48 Å². The molecule has 160 valence electrons. The molecule has 0 aliphatic carbocycles. The molecule has 0 bridgehead atoms. The highest BCUT2D eigenvalue weighted by molar-refractivity contribution is 5.95. The summed E-state index contributed by atoms with van der Waals surface area (Å²) in [6, 6.07) is 0.552. The third kappa shape index (κ3) is 3.60. The first-order valence-electron chi connectivity index (χ1n) is 9.43. The van der Waals surface area contributed by atoms with Crippen molar-refractivity contribution < 1.29 is 27.5 Å². The fraction of sp³-hybridized carbons (Fsp3) is 0.421. The normalized spacial score (nSPS) is 21.6. The van der Waals surface area contributed by atoms with E-state index in [9.17, 15) is 22.8 Å². The minimum atomic E-state index is -1.60. The average molecular weight is 423 g/mol. The Kier molecular flexibility index (Phi) is 5.14. The molecule has 1 aromatic heterocycles. The highest BCUT2D eigenvalue weighted by Crippen LogP contribution is 2.29. The average Bonchev–Trinajstić information content (AvgIpc) is 3.09. The van der Waals surface area contributed by atoms with Crippen LogP contribution in [-0.4, -0.2) is 51.9 Å². The van der Waals surface area contributed by atoms with Gasteiger partial charge >= 0.3 is 6.03 Å². The minimum Gasteiger partial charge on any atom is -0.367 e. The molecule has 2 aliphatic rings. The molecule has 0 spiro atoms. The van der Waals surface area contributed by atoms with Crippen molar-refractivity contribution in [2.24, 2.45) is 0 Å². The van der Waals surface area contributed by atoms with Crippen molar-refractivity contribution in [2.45, 2.75) is 39.1 Å². The molecule has 1 saturated heterocycles. The van der Waals surface area contributed by atoms with Gasteiger partial charge in [0.2, 0.25) is 0 Å². The summed E-state index contributed by atoms with van der Waals surface area (Å²) in [6.07, 6.45) is 1.45. The van der Waals surface area contributed by atoms with Crippen LogP contribution in [0.5, 0.6) is 0 Å². The number of anilines is 2. The summed E-state index contributed by atoms with van der Waals surface area (Å²) < 4.78 is 47.1. The number of amides is 3.